The minimum Gasteiger partial charge on any atom is -0.495 e. The molecule has 0 saturated carbocycles. The van der Waals surface area contributed by atoms with Crippen molar-refractivity contribution in [3.63, 3.8) is 0 Å². The minimum absolute atomic E-state index is 0.164. The molecule has 112 valence electrons. The molecule has 2 aromatic rings. The lowest BCUT2D eigenvalue weighted by Gasteiger charge is -2.22. The summed E-state index contributed by atoms with van der Waals surface area (Å²) in [6.45, 7) is 2.06. The zero-order valence-corrected chi connectivity index (χ0v) is 13.9. The van der Waals surface area contributed by atoms with Crippen molar-refractivity contribution in [1.82, 2.24) is 5.43 Å². The maximum absolute atomic E-state index is 5.80. The van der Waals surface area contributed by atoms with E-state index < -0.39 is 0 Å². The van der Waals surface area contributed by atoms with Crippen molar-refractivity contribution < 1.29 is 9.47 Å². The first-order valence-corrected chi connectivity index (χ1v) is 7.35. The molecule has 5 heteroatoms. The highest BCUT2D eigenvalue weighted by molar-refractivity contribution is 9.10. The average Bonchev–Trinajstić information content (AvgIpc) is 2.50. The van der Waals surface area contributed by atoms with Crippen LogP contribution in [0, 0.1) is 6.92 Å². The summed E-state index contributed by atoms with van der Waals surface area (Å²) in [5.41, 5.74) is 6.09. The number of halogens is 1. The van der Waals surface area contributed by atoms with Crippen LogP contribution in [0.25, 0.3) is 0 Å². The summed E-state index contributed by atoms with van der Waals surface area (Å²) in [7, 11) is 3.26. The van der Waals surface area contributed by atoms with Crippen LogP contribution in [0.5, 0.6) is 11.5 Å². The molecule has 0 aromatic heterocycles. The van der Waals surface area contributed by atoms with Crippen LogP contribution >= 0.6 is 15.9 Å². The Hall–Kier alpha value is -1.56. The quantitative estimate of drug-likeness (QED) is 0.641. The van der Waals surface area contributed by atoms with Gasteiger partial charge in [-0.15, -0.1) is 0 Å². The van der Waals surface area contributed by atoms with Gasteiger partial charge >= 0.3 is 0 Å². The Morgan fingerprint density at radius 1 is 1.05 bits per heavy atom. The maximum atomic E-state index is 5.80. The molecule has 0 radical (unpaired) electrons. The highest BCUT2D eigenvalue weighted by Gasteiger charge is 2.22. The predicted octanol–water partition coefficient (Wildman–Crippen LogP) is 3.33. The van der Waals surface area contributed by atoms with Gasteiger partial charge in [-0.2, -0.15) is 0 Å². The van der Waals surface area contributed by atoms with E-state index in [2.05, 4.69) is 40.4 Å². The molecule has 0 bridgehead atoms. The van der Waals surface area contributed by atoms with E-state index in [1.165, 1.54) is 0 Å². The topological polar surface area (TPSA) is 56.5 Å². The fourth-order valence-electron chi connectivity index (χ4n) is 2.40. The Kier molecular flexibility index (Phi) is 5.22. The van der Waals surface area contributed by atoms with Crippen LogP contribution in [0.1, 0.15) is 22.7 Å². The molecule has 0 saturated heterocycles. The zero-order valence-electron chi connectivity index (χ0n) is 12.3. The van der Waals surface area contributed by atoms with Gasteiger partial charge in [0.15, 0.2) is 0 Å². The van der Waals surface area contributed by atoms with Crippen molar-refractivity contribution in [3.8, 4) is 11.5 Å². The van der Waals surface area contributed by atoms with E-state index in [9.17, 15) is 0 Å². The second-order valence-electron chi connectivity index (χ2n) is 4.66. The third-order valence-electron chi connectivity index (χ3n) is 3.49. The van der Waals surface area contributed by atoms with Crippen molar-refractivity contribution in [2.24, 2.45) is 5.84 Å². The van der Waals surface area contributed by atoms with E-state index in [4.69, 9.17) is 15.3 Å². The van der Waals surface area contributed by atoms with E-state index in [0.717, 1.165) is 26.9 Å². The number of benzene rings is 2. The Bertz CT molecular complexity index is 632. The summed E-state index contributed by atoms with van der Waals surface area (Å²) in [4.78, 5) is 0. The molecular formula is C16H19BrN2O2. The van der Waals surface area contributed by atoms with Crippen molar-refractivity contribution in [3.05, 3.63) is 57.6 Å². The number of aryl methyl sites for hydroxylation is 1. The molecule has 1 atom stereocenters. The standard InChI is InChI=1S/C16H19BrN2O2/c1-10-6-4-5-7-11(10)15(19-18)12-8-9-13(20-2)14(17)16(12)21-3/h4-9,15,19H,18H2,1-3H3. The number of hydrogen-bond donors (Lipinski definition) is 2. The fraction of sp³-hybridized carbons (Fsp3) is 0.250. The molecule has 0 aliphatic heterocycles. The van der Waals surface area contributed by atoms with Gasteiger partial charge in [0.2, 0.25) is 0 Å². The highest BCUT2D eigenvalue weighted by Crippen LogP contribution is 2.41. The largest absolute Gasteiger partial charge is 0.495 e. The van der Waals surface area contributed by atoms with Gasteiger partial charge in [0.25, 0.3) is 0 Å². The number of nitrogens with two attached hydrogens (primary N) is 1. The van der Waals surface area contributed by atoms with Gasteiger partial charge in [-0.25, -0.2) is 5.43 Å². The van der Waals surface area contributed by atoms with Crippen LogP contribution < -0.4 is 20.7 Å². The van der Waals surface area contributed by atoms with Crippen LogP contribution in [0.3, 0.4) is 0 Å². The van der Waals surface area contributed by atoms with Crippen molar-refractivity contribution in [2.45, 2.75) is 13.0 Å². The number of ether oxygens (including phenoxy) is 2. The number of hydrazine groups is 1. The van der Waals surface area contributed by atoms with E-state index in [1.54, 1.807) is 14.2 Å². The summed E-state index contributed by atoms with van der Waals surface area (Å²) >= 11 is 3.52. The molecule has 0 aliphatic carbocycles. The zero-order chi connectivity index (χ0) is 15.4. The lowest BCUT2D eigenvalue weighted by atomic mass is 9.95. The van der Waals surface area contributed by atoms with Crippen LogP contribution in [0.15, 0.2) is 40.9 Å². The second kappa shape index (κ2) is 6.93. The Morgan fingerprint density at radius 3 is 2.33 bits per heavy atom. The van der Waals surface area contributed by atoms with Crippen LogP contribution in [-0.2, 0) is 0 Å². The molecule has 0 amide bonds. The minimum atomic E-state index is -0.164. The molecule has 2 rings (SSSR count). The number of nitrogens with one attached hydrogen (secondary N) is 1. The van der Waals surface area contributed by atoms with Gasteiger partial charge in [0, 0.05) is 5.56 Å². The van der Waals surface area contributed by atoms with Gasteiger partial charge < -0.3 is 9.47 Å². The maximum Gasteiger partial charge on any atom is 0.141 e. The molecule has 21 heavy (non-hydrogen) atoms. The average molecular weight is 351 g/mol. The van der Waals surface area contributed by atoms with Gasteiger partial charge in [0.05, 0.1) is 20.3 Å². The molecule has 0 aliphatic rings. The third kappa shape index (κ3) is 3.05. The van der Waals surface area contributed by atoms with Crippen LogP contribution in [0.2, 0.25) is 0 Å². The predicted molar refractivity (Wildman–Crippen MR) is 87.6 cm³/mol. The van der Waals surface area contributed by atoms with E-state index in [-0.39, 0.29) is 6.04 Å². The molecule has 0 heterocycles. The summed E-state index contributed by atoms with van der Waals surface area (Å²) in [5, 5.41) is 0. The summed E-state index contributed by atoms with van der Waals surface area (Å²) in [5.74, 6) is 7.23. The second-order valence-corrected chi connectivity index (χ2v) is 5.45. The molecule has 2 aromatic carbocycles. The SMILES string of the molecule is COc1ccc(C(NN)c2ccccc2C)c(OC)c1Br. The first-order chi connectivity index (χ1) is 10.1. The van der Waals surface area contributed by atoms with Crippen LogP contribution in [0.4, 0.5) is 0 Å². The lowest BCUT2D eigenvalue weighted by molar-refractivity contribution is 0.382. The number of rotatable bonds is 5. The molecular weight excluding hydrogens is 332 g/mol. The van der Waals surface area contributed by atoms with Crippen molar-refractivity contribution in [2.75, 3.05) is 14.2 Å². The molecule has 0 spiro atoms. The van der Waals surface area contributed by atoms with Crippen LogP contribution in [-0.4, -0.2) is 14.2 Å². The van der Waals surface area contributed by atoms with E-state index in [0.29, 0.717) is 5.75 Å². The normalized spacial score (nSPS) is 12.0. The molecule has 0 fully saturated rings. The fourth-order valence-corrected chi connectivity index (χ4v) is 3.09. The first kappa shape index (κ1) is 15.8. The summed E-state index contributed by atoms with van der Waals surface area (Å²) in [6.07, 6.45) is 0. The first-order valence-electron chi connectivity index (χ1n) is 6.56. The van der Waals surface area contributed by atoms with Gasteiger partial charge in [-0.1, -0.05) is 24.3 Å². The highest BCUT2D eigenvalue weighted by atomic mass is 79.9. The van der Waals surface area contributed by atoms with Gasteiger partial charge in [-0.05, 0) is 46.1 Å². The van der Waals surface area contributed by atoms with Crippen molar-refractivity contribution in [1.29, 1.82) is 0 Å². The third-order valence-corrected chi connectivity index (χ3v) is 4.24. The van der Waals surface area contributed by atoms with Crippen molar-refractivity contribution >= 4 is 15.9 Å². The Labute approximate surface area is 133 Å². The number of hydrogen-bond acceptors (Lipinski definition) is 4. The smallest absolute Gasteiger partial charge is 0.141 e. The molecule has 1 unspecified atom stereocenters. The Morgan fingerprint density at radius 2 is 1.76 bits per heavy atom. The van der Waals surface area contributed by atoms with Gasteiger partial charge in [-0.3, -0.25) is 5.84 Å². The monoisotopic (exact) mass is 350 g/mol. The van der Waals surface area contributed by atoms with E-state index in [1.807, 2.05) is 24.3 Å². The summed E-state index contributed by atoms with van der Waals surface area (Å²) in [6, 6.07) is 11.8. The molecule has 3 N–H and O–H groups in total. The van der Waals surface area contributed by atoms with Gasteiger partial charge in [0.1, 0.15) is 16.0 Å². The summed E-state index contributed by atoms with van der Waals surface area (Å²) < 4.78 is 11.6. The Balaban J connectivity index is 2.58. The lowest BCUT2D eigenvalue weighted by Crippen LogP contribution is -2.29. The molecule has 4 nitrogen and oxygen atoms in total. The van der Waals surface area contributed by atoms with E-state index >= 15 is 0 Å². The number of methoxy groups -OCH3 is 2.